The maximum atomic E-state index is 5.29. The molecule has 0 saturated carbocycles. The monoisotopic (exact) mass is 276 g/mol. The topological polar surface area (TPSA) is 40.1 Å². The number of ether oxygens (including phenoxy) is 1. The van der Waals surface area contributed by atoms with Crippen molar-refractivity contribution in [3.63, 3.8) is 0 Å². The molecule has 2 rings (SSSR count). The summed E-state index contributed by atoms with van der Waals surface area (Å²) in [6, 6.07) is 8.25. The Labute approximate surface area is 121 Å². The van der Waals surface area contributed by atoms with Crippen LogP contribution in [0.2, 0.25) is 0 Å². The van der Waals surface area contributed by atoms with Crippen LogP contribution in [0.15, 0.2) is 29.3 Å². The summed E-state index contributed by atoms with van der Waals surface area (Å²) in [6.45, 7) is 6.96. The van der Waals surface area contributed by atoms with Crippen molar-refractivity contribution in [3.8, 4) is 5.75 Å². The average Bonchev–Trinajstić information content (AvgIpc) is 2.53. The molecule has 0 atom stereocenters. The van der Waals surface area contributed by atoms with Gasteiger partial charge in [-0.3, -0.25) is 4.99 Å². The van der Waals surface area contributed by atoms with Crippen LogP contribution >= 0.6 is 0 Å². The van der Waals surface area contributed by atoms with Crippen molar-refractivity contribution in [3.05, 3.63) is 24.3 Å². The number of nitrogens with zero attached hydrogens (tertiary/aromatic N) is 3. The first-order valence-corrected chi connectivity index (χ1v) is 7.13. The smallest absolute Gasteiger partial charge is 0.193 e. The lowest BCUT2D eigenvalue weighted by atomic mass is 10.2. The Hall–Kier alpha value is -1.91. The Morgan fingerprint density at radius 1 is 1.30 bits per heavy atom. The molecule has 1 aromatic carbocycles. The van der Waals surface area contributed by atoms with Crippen molar-refractivity contribution >= 4 is 11.6 Å². The molecule has 1 saturated heterocycles. The van der Waals surface area contributed by atoms with Crippen LogP contribution in [0.5, 0.6) is 5.75 Å². The van der Waals surface area contributed by atoms with Crippen LogP contribution in [0.3, 0.4) is 0 Å². The third-order valence-corrected chi connectivity index (χ3v) is 3.54. The minimum atomic E-state index is 0.906. The number of aliphatic imine (C=N–C) groups is 1. The van der Waals surface area contributed by atoms with Gasteiger partial charge in [-0.05, 0) is 19.1 Å². The molecule has 1 aliphatic heterocycles. The summed E-state index contributed by atoms with van der Waals surface area (Å²) in [4.78, 5) is 9.01. The molecule has 5 heteroatoms. The molecule has 0 aromatic heterocycles. The molecule has 110 valence electrons. The number of piperazine rings is 1. The second kappa shape index (κ2) is 7.03. The highest BCUT2D eigenvalue weighted by Crippen LogP contribution is 2.22. The lowest BCUT2D eigenvalue weighted by molar-refractivity contribution is 0.373. The maximum Gasteiger partial charge on any atom is 0.193 e. The SMILES string of the molecule is CCNC(=NC)N1CCN(c2cccc(OC)c2)CC1. The standard InChI is InChI=1S/C15H24N4O/c1-4-17-15(16-2)19-10-8-18(9-11-19)13-6-5-7-14(12-13)20-3/h5-7,12H,4,8-11H2,1-3H3,(H,16,17). The van der Waals surface area contributed by atoms with Crippen LogP contribution in [0.1, 0.15) is 6.92 Å². The summed E-state index contributed by atoms with van der Waals surface area (Å²) in [5, 5.41) is 3.31. The molecular formula is C15H24N4O. The van der Waals surface area contributed by atoms with E-state index in [0.29, 0.717) is 0 Å². The number of anilines is 1. The van der Waals surface area contributed by atoms with Crippen molar-refractivity contribution in [1.29, 1.82) is 0 Å². The number of guanidine groups is 1. The van der Waals surface area contributed by atoms with Gasteiger partial charge in [0.2, 0.25) is 0 Å². The first-order chi connectivity index (χ1) is 9.78. The third kappa shape index (κ3) is 3.35. The molecule has 20 heavy (non-hydrogen) atoms. The molecule has 0 spiro atoms. The van der Waals surface area contributed by atoms with E-state index >= 15 is 0 Å². The Kier molecular flexibility index (Phi) is 5.09. The predicted octanol–water partition coefficient (Wildman–Crippen LogP) is 1.41. The van der Waals surface area contributed by atoms with Gasteiger partial charge in [0.15, 0.2) is 5.96 Å². The summed E-state index contributed by atoms with van der Waals surface area (Å²) in [5.41, 5.74) is 1.22. The second-order valence-electron chi connectivity index (χ2n) is 4.75. The molecule has 0 radical (unpaired) electrons. The fourth-order valence-electron chi connectivity index (χ4n) is 2.47. The summed E-state index contributed by atoms with van der Waals surface area (Å²) in [6.07, 6.45) is 0. The van der Waals surface area contributed by atoms with Crippen LogP contribution in [0.4, 0.5) is 5.69 Å². The molecule has 0 bridgehead atoms. The number of hydrogen-bond donors (Lipinski definition) is 1. The lowest BCUT2D eigenvalue weighted by Crippen LogP contribution is -2.52. The van der Waals surface area contributed by atoms with Crippen LogP contribution in [0, 0.1) is 0 Å². The van der Waals surface area contributed by atoms with Gasteiger partial charge in [0.25, 0.3) is 0 Å². The van der Waals surface area contributed by atoms with Crippen LogP contribution < -0.4 is 15.0 Å². The predicted molar refractivity (Wildman–Crippen MR) is 83.8 cm³/mol. The molecule has 1 N–H and O–H groups in total. The summed E-state index contributed by atoms with van der Waals surface area (Å²) in [5.74, 6) is 1.91. The normalized spacial score (nSPS) is 16.2. The van der Waals surface area contributed by atoms with Gasteiger partial charge in [0, 0.05) is 51.5 Å². The van der Waals surface area contributed by atoms with E-state index in [-0.39, 0.29) is 0 Å². The number of hydrogen-bond acceptors (Lipinski definition) is 3. The van der Waals surface area contributed by atoms with Gasteiger partial charge < -0.3 is 19.9 Å². The van der Waals surface area contributed by atoms with E-state index in [1.165, 1.54) is 5.69 Å². The highest BCUT2D eigenvalue weighted by atomic mass is 16.5. The highest BCUT2D eigenvalue weighted by molar-refractivity contribution is 5.80. The van der Waals surface area contributed by atoms with E-state index in [0.717, 1.165) is 44.4 Å². The van der Waals surface area contributed by atoms with E-state index < -0.39 is 0 Å². The van der Waals surface area contributed by atoms with E-state index in [1.54, 1.807) is 7.11 Å². The zero-order valence-electron chi connectivity index (χ0n) is 12.6. The lowest BCUT2D eigenvalue weighted by Gasteiger charge is -2.37. The Morgan fingerprint density at radius 3 is 2.65 bits per heavy atom. The van der Waals surface area contributed by atoms with E-state index in [1.807, 2.05) is 19.2 Å². The molecule has 0 amide bonds. The molecular weight excluding hydrogens is 252 g/mol. The van der Waals surface area contributed by atoms with Gasteiger partial charge in [-0.1, -0.05) is 6.07 Å². The zero-order valence-corrected chi connectivity index (χ0v) is 12.6. The summed E-state index contributed by atoms with van der Waals surface area (Å²) >= 11 is 0. The molecule has 1 aromatic rings. The number of methoxy groups -OCH3 is 1. The third-order valence-electron chi connectivity index (χ3n) is 3.54. The molecule has 1 heterocycles. The number of benzene rings is 1. The average molecular weight is 276 g/mol. The minimum Gasteiger partial charge on any atom is -0.497 e. The summed E-state index contributed by atoms with van der Waals surface area (Å²) < 4.78 is 5.29. The minimum absolute atomic E-state index is 0.906. The molecule has 1 fully saturated rings. The van der Waals surface area contributed by atoms with Gasteiger partial charge in [0.05, 0.1) is 7.11 Å². The fraction of sp³-hybridized carbons (Fsp3) is 0.533. The fourth-order valence-corrected chi connectivity index (χ4v) is 2.47. The number of rotatable bonds is 3. The maximum absolute atomic E-state index is 5.29. The van der Waals surface area contributed by atoms with Gasteiger partial charge in [-0.25, -0.2) is 0 Å². The quantitative estimate of drug-likeness (QED) is 0.669. The van der Waals surface area contributed by atoms with Crippen molar-refractivity contribution < 1.29 is 4.74 Å². The van der Waals surface area contributed by atoms with Gasteiger partial charge in [-0.2, -0.15) is 0 Å². The van der Waals surface area contributed by atoms with Crippen molar-refractivity contribution in [2.75, 3.05) is 51.8 Å². The molecule has 1 aliphatic rings. The largest absolute Gasteiger partial charge is 0.497 e. The number of nitrogens with one attached hydrogen (secondary N) is 1. The van der Waals surface area contributed by atoms with Crippen molar-refractivity contribution in [2.24, 2.45) is 4.99 Å². The molecule has 5 nitrogen and oxygen atoms in total. The van der Waals surface area contributed by atoms with Gasteiger partial charge in [0.1, 0.15) is 5.75 Å². The van der Waals surface area contributed by atoms with Crippen LogP contribution in [0.25, 0.3) is 0 Å². The first-order valence-electron chi connectivity index (χ1n) is 7.13. The van der Waals surface area contributed by atoms with Gasteiger partial charge in [-0.15, -0.1) is 0 Å². The zero-order chi connectivity index (χ0) is 14.4. The van der Waals surface area contributed by atoms with Gasteiger partial charge >= 0.3 is 0 Å². The Morgan fingerprint density at radius 2 is 2.05 bits per heavy atom. The molecule has 0 aliphatic carbocycles. The molecule has 0 unspecified atom stereocenters. The highest BCUT2D eigenvalue weighted by Gasteiger charge is 2.19. The van der Waals surface area contributed by atoms with Crippen molar-refractivity contribution in [2.45, 2.75) is 6.92 Å². The van der Waals surface area contributed by atoms with Crippen LogP contribution in [-0.2, 0) is 0 Å². The van der Waals surface area contributed by atoms with Crippen LogP contribution in [-0.4, -0.2) is 57.7 Å². The van der Waals surface area contributed by atoms with E-state index in [9.17, 15) is 0 Å². The second-order valence-corrected chi connectivity index (χ2v) is 4.75. The van der Waals surface area contributed by atoms with E-state index in [4.69, 9.17) is 4.74 Å². The summed E-state index contributed by atoms with van der Waals surface area (Å²) in [7, 11) is 3.55. The van der Waals surface area contributed by atoms with Crippen molar-refractivity contribution in [1.82, 2.24) is 10.2 Å². The van der Waals surface area contributed by atoms with E-state index in [2.05, 4.69) is 39.2 Å². The first kappa shape index (κ1) is 14.5. The Bertz CT molecular complexity index is 453. The Balaban J connectivity index is 1.96.